The van der Waals surface area contributed by atoms with Gasteiger partial charge in [-0.15, -0.1) is 0 Å². The summed E-state index contributed by atoms with van der Waals surface area (Å²) < 4.78 is 14.0. The van der Waals surface area contributed by atoms with Crippen LogP contribution in [0.3, 0.4) is 0 Å². The lowest BCUT2D eigenvalue weighted by molar-refractivity contribution is 0.0384. The van der Waals surface area contributed by atoms with Gasteiger partial charge in [-0.2, -0.15) is 0 Å². The highest BCUT2D eigenvalue weighted by Crippen LogP contribution is 2.31. The van der Waals surface area contributed by atoms with Crippen molar-refractivity contribution in [1.82, 2.24) is 20.1 Å². The molecule has 4 aromatic rings. The van der Waals surface area contributed by atoms with Gasteiger partial charge < -0.3 is 24.7 Å². The van der Waals surface area contributed by atoms with E-state index in [-0.39, 0.29) is 23.0 Å². The number of nitrogens with zero attached hydrogens (tertiary/aromatic N) is 2. The van der Waals surface area contributed by atoms with Crippen molar-refractivity contribution in [2.45, 2.75) is 46.0 Å². The summed E-state index contributed by atoms with van der Waals surface area (Å²) in [7, 11) is 0. The Labute approximate surface area is 252 Å². The van der Waals surface area contributed by atoms with E-state index in [0.717, 1.165) is 68.0 Å². The number of carbonyl (C=O) groups is 1. The average molecular weight is 581 g/mol. The maximum Gasteiger partial charge on any atom is 0.257 e. The predicted molar refractivity (Wildman–Crippen MR) is 169 cm³/mol. The molecule has 0 saturated carbocycles. The van der Waals surface area contributed by atoms with E-state index in [4.69, 9.17) is 9.47 Å². The van der Waals surface area contributed by atoms with Crippen molar-refractivity contribution in [2.24, 2.45) is 0 Å². The first-order valence-electron chi connectivity index (χ1n) is 15.2. The van der Waals surface area contributed by atoms with Crippen molar-refractivity contribution in [3.8, 4) is 5.75 Å². The van der Waals surface area contributed by atoms with Crippen LogP contribution in [0.5, 0.6) is 5.75 Å². The Bertz CT molecular complexity index is 1640. The van der Waals surface area contributed by atoms with Crippen LogP contribution in [0.2, 0.25) is 0 Å². The molecule has 1 fully saturated rings. The van der Waals surface area contributed by atoms with Gasteiger partial charge in [-0.3, -0.25) is 14.5 Å². The zero-order chi connectivity index (χ0) is 29.8. The van der Waals surface area contributed by atoms with Crippen molar-refractivity contribution >= 4 is 16.8 Å². The molecule has 224 valence electrons. The molecule has 8 nitrogen and oxygen atoms in total. The summed E-state index contributed by atoms with van der Waals surface area (Å²) in [6, 6.07) is 20.5. The first kappa shape index (κ1) is 29.1. The maximum absolute atomic E-state index is 13.8. The van der Waals surface area contributed by atoms with E-state index in [0.29, 0.717) is 30.8 Å². The van der Waals surface area contributed by atoms with Gasteiger partial charge in [0.25, 0.3) is 5.91 Å². The van der Waals surface area contributed by atoms with Gasteiger partial charge in [0.05, 0.1) is 30.7 Å². The Kier molecular flexibility index (Phi) is 8.88. The minimum atomic E-state index is -0.364. The molecule has 1 atom stereocenters. The predicted octanol–water partition coefficient (Wildman–Crippen LogP) is 3.97. The topological polar surface area (TPSA) is 84.8 Å². The summed E-state index contributed by atoms with van der Waals surface area (Å²) in [6.45, 7) is 10.6. The molecule has 0 aliphatic carbocycles. The largest absolute Gasteiger partial charge is 0.485 e. The molecule has 0 bridgehead atoms. The fourth-order valence-electron chi connectivity index (χ4n) is 5.82. The Hall–Kier alpha value is -3.98. The third-order valence-electron chi connectivity index (χ3n) is 8.35. The number of rotatable bonds is 10. The number of aromatic nitrogens is 1. The number of hydrogen-bond donors (Lipinski definition) is 2. The summed E-state index contributed by atoms with van der Waals surface area (Å²) in [4.78, 5) is 29.6. The van der Waals surface area contributed by atoms with Crippen molar-refractivity contribution in [3.05, 3.63) is 110 Å². The van der Waals surface area contributed by atoms with Crippen LogP contribution in [-0.2, 0) is 30.8 Å². The lowest BCUT2D eigenvalue weighted by Crippen LogP contribution is -2.39. The quantitative estimate of drug-likeness (QED) is 0.295. The van der Waals surface area contributed by atoms with E-state index in [2.05, 4.69) is 52.8 Å². The molecule has 6 rings (SSSR count). The molecule has 2 N–H and O–H groups in total. The molecule has 8 heteroatoms. The fourth-order valence-corrected chi connectivity index (χ4v) is 5.82. The molecule has 0 radical (unpaired) electrons. The molecule has 3 aromatic carbocycles. The summed E-state index contributed by atoms with van der Waals surface area (Å²) in [6.07, 6.45) is 2.34. The highest BCUT2D eigenvalue weighted by atomic mass is 16.5. The number of amides is 1. The van der Waals surface area contributed by atoms with Crippen LogP contribution in [-0.4, -0.2) is 60.9 Å². The summed E-state index contributed by atoms with van der Waals surface area (Å²) in [5.41, 5.74) is 6.28. The molecule has 2 aliphatic rings. The second-order valence-corrected chi connectivity index (χ2v) is 11.7. The number of nitrogens with one attached hydrogen (secondary N) is 2. The van der Waals surface area contributed by atoms with Gasteiger partial charge in [-0.1, -0.05) is 59.7 Å². The standard InChI is InChI=1S/C35H40N4O4/c1-24-3-7-26(8-4-24)19-36-21-29-22-39-23-31(35(41)37-20-27-9-5-25(2)6-10-27)34(40)30-17-28(18-32(43-29)33(30)39)11-12-38-13-15-42-16-14-38/h3-10,17-18,23,29,36H,11-16,19-22H2,1-2H3,(H,37,41). The van der Waals surface area contributed by atoms with Crippen molar-refractivity contribution in [3.63, 3.8) is 0 Å². The van der Waals surface area contributed by atoms with Crippen LogP contribution in [0.4, 0.5) is 0 Å². The summed E-state index contributed by atoms with van der Waals surface area (Å²) >= 11 is 0. The molecular weight excluding hydrogens is 540 g/mol. The molecule has 0 spiro atoms. The first-order chi connectivity index (χ1) is 20.9. The summed E-state index contributed by atoms with van der Waals surface area (Å²) in [5, 5.41) is 7.02. The average Bonchev–Trinajstić information content (AvgIpc) is 3.02. The number of ether oxygens (including phenoxy) is 2. The van der Waals surface area contributed by atoms with E-state index in [1.807, 2.05) is 41.8 Å². The van der Waals surface area contributed by atoms with Crippen LogP contribution in [0.25, 0.3) is 10.9 Å². The van der Waals surface area contributed by atoms with Gasteiger partial charge in [0, 0.05) is 45.5 Å². The molecule has 1 saturated heterocycles. The third kappa shape index (κ3) is 6.99. The van der Waals surface area contributed by atoms with E-state index in [9.17, 15) is 9.59 Å². The van der Waals surface area contributed by atoms with Crippen molar-refractivity contribution in [2.75, 3.05) is 39.4 Å². The minimum absolute atomic E-state index is 0.151. The highest BCUT2D eigenvalue weighted by Gasteiger charge is 2.26. The molecule has 43 heavy (non-hydrogen) atoms. The zero-order valence-electron chi connectivity index (χ0n) is 25.0. The van der Waals surface area contributed by atoms with E-state index >= 15 is 0 Å². The Morgan fingerprint density at radius 3 is 2.28 bits per heavy atom. The molecule has 1 unspecified atom stereocenters. The van der Waals surface area contributed by atoms with E-state index in [1.54, 1.807) is 6.20 Å². The van der Waals surface area contributed by atoms with Gasteiger partial charge >= 0.3 is 0 Å². The second-order valence-electron chi connectivity index (χ2n) is 11.7. The van der Waals surface area contributed by atoms with Crippen LogP contribution < -0.4 is 20.8 Å². The van der Waals surface area contributed by atoms with Gasteiger partial charge in [0.1, 0.15) is 17.4 Å². The van der Waals surface area contributed by atoms with Crippen LogP contribution in [0.1, 0.15) is 38.2 Å². The van der Waals surface area contributed by atoms with E-state index in [1.165, 1.54) is 11.1 Å². The molecule has 3 heterocycles. The number of morpholine rings is 1. The van der Waals surface area contributed by atoms with Gasteiger partial charge in [0.15, 0.2) is 0 Å². The SMILES string of the molecule is Cc1ccc(CNCC2Cn3cc(C(=O)NCc4ccc(C)cc4)c(=O)c4cc(CCN5CCOCC5)cc(c43)O2)cc1. The number of hydrogen-bond acceptors (Lipinski definition) is 6. The van der Waals surface area contributed by atoms with Crippen LogP contribution >= 0.6 is 0 Å². The van der Waals surface area contributed by atoms with Gasteiger partial charge in [0.2, 0.25) is 5.43 Å². The Balaban J connectivity index is 1.25. The number of aryl methyl sites for hydroxylation is 2. The van der Waals surface area contributed by atoms with Crippen LogP contribution in [0, 0.1) is 13.8 Å². The van der Waals surface area contributed by atoms with Crippen molar-refractivity contribution in [1.29, 1.82) is 0 Å². The van der Waals surface area contributed by atoms with Gasteiger partial charge in [-0.05, 0) is 49.1 Å². The molecule has 1 amide bonds. The zero-order valence-corrected chi connectivity index (χ0v) is 25.0. The monoisotopic (exact) mass is 580 g/mol. The maximum atomic E-state index is 13.8. The first-order valence-corrected chi connectivity index (χ1v) is 15.2. The highest BCUT2D eigenvalue weighted by molar-refractivity contribution is 5.98. The minimum Gasteiger partial charge on any atom is -0.485 e. The summed E-state index contributed by atoms with van der Waals surface area (Å²) in [5.74, 6) is 0.337. The van der Waals surface area contributed by atoms with E-state index < -0.39 is 0 Å². The normalized spacial score (nSPS) is 16.7. The number of pyridine rings is 1. The lowest BCUT2D eigenvalue weighted by atomic mass is 10.0. The molecular formula is C35H40N4O4. The van der Waals surface area contributed by atoms with Crippen LogP contribution in [0.15, 0.2) is 71.7 Å². The lowest BCUT2D eigenvalue weighted by Gasteiger charge is -2.30. The van der Waals surface area contributed by atoms with Crippen molar-refractivity contribution < 1.29 is 14.3 Å². The second kappa shape index (κ2) is 13.1. The van der Waals surface area contributed by atoms with Gasteiger partial charge in [-0.25, -0.2) is 0 Å². The number of carbonyl (C=O) groups excluding carboxylic acids is 1. The number of benzene rings is 3. The molecule has 2 aliphatic heterocycles. The third-order valence-corrected chi connectivity index (χ3v) is 8.35. The Morgan fingerprint density at radius 2 is 1.58 bits per heavy atom. The molecule has 1 aromatic heterocycles. The smallest absolute Gasteiger partial charge is 0.257 e. The Morgan fingerprint density at radius 1 is 0.907 bits per heavy atom. The fraction of sp³-hybridized carbons (Fsp3) is 0.371.